The maximum absolute atomic E-state index is 9.24. The lowest BCUT2D eigenvalue weighted by Crippen LogP contribution is -2.08. The molecule has 0 fully saturated rings. The molecule has 0 aliphatic heterocycles. The summed E-state index contributed by atoms with van der Waals surface area (Å²) in [5.74, 6) is 0.137. The van der Waals surface area contributed by atoms with E-state index in [1.165, 1.54) is 6.07 Å². The Labute approximate surface area is 100 Å². The molecule has 1 aromatic carbocycles. The smallest absolute Gasteiger partial charge is 0.118 e. The summed E-state index contributed by atoms with van der Waals surface area (Å²) >= 11 is 6.00. The van der Waals surface area contributed by atoms with Crippen molar-refractivity contribution in [3.05, 3.63) is 41.1 Å². The summed E-state index contributed by atoms with van der Waals surface area (Å²) in [6.45, 7) is 2.25. The Bertz CT molecular complexity index is 363. The number of phenolic OH excluding ortho intramolecular Hbond substituents is 1. The molecular formula is C12H15ClO3. The third-order valence-electron chi connectivity index (χ3n) is 2.10. The third-order valence-corrected chi connectivity index (χ3v) is 2.42. The van der Waals surface area contributed by atoms with Crippen LogP contribution in [0.3, 0.4) is 0 Å². The molecule has 1 aromatic rings. The average Bonchev–Trinajstić information content (AvgIpc) is 2.26. The van der Waals surface area contributed by atoms with Crippen LogP contribution < -0.4 is 0 Å². The van der Waals surface area contributed by atoms with E-state index in [0.717, 1.165) is 5.56 Å². The molecule has 88 valence electrons. The SMILES string of the molecule is C/C=C/OCC(OC)c1ccc(O)cc1Cl. The highest BCUT2D eigenvalue weighted by Crippen LogP contribution is 2.28. The largest absolute Gasteiger partial charge is 0.508 e. The number of hydrogen-bond donors (Lipinski definition) is 1. The summed E-state index contributed by atoms with van der Waals surface area (Å²) in [6, 6.07) is 4.78. The molecule has 1 rings (SSSR count). The first-order valence-electron chi connectivity index (χ1n) is 4.93. The van der Waals surface area contributed by atoms with Gasteiger partial charge in [-0.25, -0.2) is 0 Å². The number of allylic oxidation sites excluding steroid dienone is 1. The lowest BCUT2D eigenvalue weighted by Gasteiger charge is -2.16. The average molecular weight is 243 g/mol. The van der Waals surface area contributed by atoms with Crippen molar-refractivity contribution in [1.29, 1.82) is 0 Å². The minimum absolute atomic E-state index is 0.137. The van der Waals surface area contributed by atoms with Crippen molar-refractivity contribution in [3.63, 3.8) is 0 Å². The molecule has 0 saturated carbocycles. The van der Waals surface area contributed by atoms with Crippen LogP contribution in [0.5, 0.6) is 5.75 Å². The first kappa shape index (κ1) is 12.9. The lowest BCUT2D eigenvalue weighted by molar-refractivity contribution is 0.0413. The fourth-order valence-electron chi connectivity index (χ4n) is 1.30. The first-order valence-corrected chi connectivity index (χ1v) is 5.30. The van der Waals surface area contributed by atoms with Gasteiger partial charge in [-0.2, -0.15) is 0 Å². The van der Waals surface area contributed by atoms with Crippen LogP contribution in [-0.2, 0) is 9.47 Å². The van der Waals surface area contributed by atoms with Crippen molar-refractivity contribution < 1.29 is 14.6 Å². The number of rotatable bonds is 5. The Morgan fingerprint density at radius 2 is 2.25 bits per heavy atom. The van der Waals surface area contributed by atoms with Crippen LogP contribution in [0, 0.1) is 0 Å². The van der Waals surface area contributed by atoms with Crippen molar-refractivity contribution in [2.75, 3.05) is 13.7 Å². The van der Waals surface area contributed by atoms with E-state index in [4.69, 9.17) is 21.1 Å². The molecule has 0 spiro atoms. The molecule has 4 heteroatoms. The second-order valence-electron chi connectivity index (χ2n) is 3.23. The van der Waals surface area contributed by atoms with E-state index >= 15 is 0 Å². The summed E-state index contributed by atoms with van der Waals surface area (Å²) in [4.78, 5) is 0. The topological polar surface area (TPSA) is 38.7 Å². The van der Waals surface area contributed by atoms with Crippen LogP contribution in [0.2, 0.25) is 5.02 Å². The Hall–Kier alpha value is -1.19. The minimum Gasteiger partial charge on any atom is -0.508 e. The molecule has 16 heavy (non-hydrogen) atoms. The van der Waals surface area contributed by atoms with Crippen LogP contribution in [0.1, 0.15) is 18.6 Å². The Balaban J connectivity index is 2.78. The van der Waals surface area contributed by atoms with Gasteiger partial charge in [0.05, 0.1) is 11.3 Å². The van der Waals surface area contributed by atoms with Crippen molar-refractivity contribution in [2.24, 2.45) is 0 Å². The normalized spacial score (nSPS) is 12.9. The molecule has 0 heterocycles. The van der Waals surface area contributed by atoms with Gasteiger partial charge in [0, 0.05) is 12.7 Å². The van der Waals surface area contributed by atoms with Crippen LogP contribution in [0.25, 0.3) is 0 Å². The van der Waals surface area contributed by atoms with Crippen molar-refractivity contribution in [1.82, 2.24) is 0 Å². The van der Waals surface area contributed by atoms with Gasteiger partial charge in [0.2, 0.25) is 0 Å². The molecule has 0 aliphatic rings. The van der Waals surface area contributed by atoms with E-state index in [2.05, 4.69) is 0 Å². The van der Waals surface area contributed by atoms with E-state index in [9.17, 15) is 5.11 Å². The summed E-state index contributed by atoms with van der Waals surface area (Å²) in [5, 5.41) is 9.71. The van der Waals surface area contributed by atoms with Gasteiger partial charge in [-0.15, -0.1) is 0 Å². The van der Waals surface area contributed by atoms with Crippen molar-refractivity contribution in [3.8, 4) is 5.75 Å². The van der Waals surface area contributed by atoms with Gasteiger partial charge in [0.15, 0.2) is 0 Å². The molecule has 0 bridgehead atoms. The second kappa shape index (κ2) is 6.40. The van der Waals surface area contributed by atoms with Gasteiger partial charge in [-0.3, -0.25) is 0 Å². The van der Waals surface area contributed by atoms with E-state index < -0.39 is 0 Å². The highest BCUT2D eigenvalue weighted by atomic mass is 35.5. The molecule has 0 aliphatic carbocycles. The molecule has 0 radical (unpaired) electrons. The third kappa shape index (κ3) is 3.43. The van der Waals surface area contributed by atoms with E-state index in [-0.39, 0.29) is 11.9 Å². The van der Waals surface area contributed by atoms with Crippen molar-refractivity contribution in [2.45, 2.75) is 13.0 Å². The van der Waals surface area contributed by atoms with Crippen LogP contribution in [-0.4, -0.2) is 18.8 Å². The predicted octanol–water partition coefficient (Wildman–Crippen LogP) is 3.28. The van der Waals surface area contributed by atoms with Crippen molar-refractivity contribution >= 4 is 11.6 Å². The van der Waals surface area contributed by atoms with Gasteiger partial charge in [0.25, 0.3) is 0 Å². The number of halogens is 1. The van der Waals surface area contributed by atoms with Crippen LogP contribution >= 0.6 is 11.6 Å². The number of aromatic hydroxyl groups is 1. The summed E-state index contributed by atoms with van der Waals surface area (Å²) in [5.41, 5.74) is 0.798. The molecule has 3 nitrogen and oxygen atoms in total. The van der Waals surface area contributed by atoms with Gasteiger partial charge in [0.1, 0.15) is 18.5 Å². The van der Waals surface area contributed by atoms with Crippen LogP contribution in [0.4, 0.5) is 0 Å². The van der Waals surface area contributed by atoms with E-state index in [0.29, 0.717) is 11.6 Å². The number of methoxy groups -OCH3 is 1. The highest BCUT2D eigenvalue weighted by Gasteiger charge is 2.14. The molecule has 0 amide bonds. The molecule has 1 unspecified atom stereocenters. The molecule has 0 aromatic heterocycles. The summed E-state index contributed by atoms with van der Waals surface area (Å²) in [7, 11) is 1.59. The molecule has 0 saturated heterocycles. The lowest BCUT2D eigenvalue weighted by atomic mass is 10.1. The highest BCUT2D eigenvalue weighted by molar-refractivity contribution is 6.31. The standard InChI is InChI=1S/C12H15ClO3/c1-3-6-16-8-12(15-2)10-5-4-9(14)7-11(10)13/h3-7,12,14H,8H2,1-2H3/b6-3+. The zero-order chi connectivity index (χ0) is 12.0. The maximum atomic E-state index is 9.24. The van der Waals surface area contributed by atoms with E-state index in [1.54, 1.807) is 31.6 Å². The van der Waals surface area contributed by atoms with E-state index in [1.807, 2.05) is 6.92 Å². The fraction of sp³-hybridized carbons (Fsp3) is 0.333. The Morgan fingerprint density at radius 3 is 2.81 bits per heavy atom. The molecular weight excluding hydrogens is 228 g/mol. The molecule has 1 atom stereocenters. The number of benzene rings is 1. The Morgan fingerprint density at radius 1 is 1.50 bits per heavy atom. The summed E-state index contributed by atoms with van der Waals surface area (Å²) < 4.78 is 10.5. The zero-order valence-electron chi connectivity index (χ0n) is 9.31. The number of phenols is 1. The molecule has 1 N–H and O–H groups in total. The van der Waals surface area contributed by atoms with Gasteiger partial charge < -0.3 is 14.6 Å². The van der Waals surface area contributed by atoms with Gasteiger partial charge in [-0.1, -0.05) is 23.7 Å². The summed E-state index contributed by atoms with van der Waals surface area (Å²) in [6.07, 6.45) is 3.15. The Kier molecular flexibility index (Phi) is 5.15. The second-order valence-corrected chi connectivity index (χ2v) is 3.64. The number of hydrogen-bond acceptors (Lipinski definition) is 3. The minimum atomic E-state index is -0.246. The monoisotopic (exact) mass is 242 g/mol. The quantitative estimate of drug-likeness (QED) is 0.806. The zero-order valence-corrected chi connectivity index (χ0v) is 10.1. The van der Waals surface area contributed by atoms with Gasteiger partial charge in [-0.05, 0) is 19.1 Å². The first-order chi connectivity index (χ1) is 7.69. The predicted molar refractivity (Wildman–Crippen MR) is 63.6 cm³/mol. The van der Waals surface area contributed by atoms with Gasteiger partial charge >= 0.3 is 0 Å². The maximum Gasteiger partial charge on any atom is 0.118 e. The van der Waals surface area contributed by atoms with Crippen LogP contribution in [0.15, 0.2) is 30.5 Å². The number of ether oxygens (including phenoxy) is 2. The fourth-order valence-corrected chi connectivity index (χ4v) is 1.60.